The molecule has 0 bridgehead atoms. The van der Waals surface area contributed by atoms with Crippen LogP contribution in [0.3, 0.4) is 0 Å². The number of nitrogens with one attached hydrogen (secondary N) is 2. The van der Waals surface area contributed by atoms with Crippen LogP contribution in [0.2, 0.25) is 10.0 Å². The lowest BCUT2D eigenvalue weighted by molar-refractivity contribution is -0.113. The molecular formula is C24H25Cl2N5O2S. The van der Waals surface area contributed by atoms with Crippen molar-refractivity contribution < 1.29 is 9.59 Å². The Morgan fingerprint density at radius 2 is 1.97 bits per heavy atom. The first-order valence-electron chi connectivity index (χ1n) is 10.6. The van der Waals surface area contributed by atoms with Gasteiger partial charge in [-0.1, -0.05) is 66.2 Å². The largest absolute Gasteiger partial charge is 0.342 e. The predicted octanol–water partition coefficient (Wildman–Crippen LogP) is 5.56. The van der Waals surface area contributed by atoms with Gasteiger partial charge in [-0.25, -0.2) is 0 Å². The number of carbonyl (C=O) groups excluding carboxylic acids is 2. The molecule has 0 unspecified atom stereocenters. The number of aryl methyl sites for hydroxylation is 1. The molecule has 2 aromatic carbocycles. The van der Waals surface area contributed by atoms with E-state index in [1.807, 2.05) is 35.8 Å². The van der Waals surface area contributed by atoms with Crippen molar-refractivity contribution in [3.8, 4) is 0 Å². The lowest BCUT2D eigenvalue weighted by Gasteiger charge is -2.16. The molecule has 2 amide bonds. The molecule has 3 rings (SSSR count). The maximum absolute atomic E-state index is 12.7. The van der Waals surface area contributed by atoms with Gasteiger partial charge in [0.25, 0.3) is 5.91 Å². The Morgan fingerprint density at radius 1 is 1.21 bits per heavy atom. The first-order valence-corrected chi connectivity index (χ1v) is 12.4. The Balaban J connectivity index is 1.69. The molecule has 178 valence electrons. The minimum absolute atomic E-state index is 0.140. The summed E-state index contributed by atoms with van der Waals surface area (Å²) in [5.74, 6) is 0.205. The average molecular weight is 518 g/mol. The zero-order chi connectivity index (χ0) is 24.7. The Bertz CT molecular complexity index is 1200. The lowest BCUT2D eigenvalue weighted by Crippen LogP contribution is -2.29. The number of amides is 2. The first kappa shape index (κ1) is 25.8. The molecule has 1 atom stereocenters. The highest BCUT2D eigenvalue weighted by Crippen LogP contribution is 2.24. The topological polar surface area (TPSA) is 88.9 Å². The Kier molecular flexibility index (Phi) is 9.15. The number of nitrogens with zero attached hydrogens (tertiary/aromatic N) is 3. The predicted molar refractivity (Wildman–Crippen MR) is 138 cm³/mol. The molecule has 34 heavy (non-hydrogen) atoms. The molecule has 3 aromatic rings. The molecule has 0 aliphatic carbocycles. The second-order valence-electron chi connectivity index (χ2n) is 7.41. The number of halogens is 2. The van der Waals surface area contributed by atoms with Gasteiger partial charge in [-0.2, -0.15) is 0 Å². The Labute approximate surface area is 212 Å². The molecular weight excluding hydrogens is 493 g/mol. The fourth-order valence-corrected chi connectivity index (χ4v) is 4.56. The zero-order valence-corrected chi connectivity index (χ0v) is 21.2. The number of rotatable bonds is 10. The Hall–Kier alpha value is -2.81. The molecule has 0 saturated carbocycles. The number of anilines is 1. The minimum Gasteiger partial charge on any atom is -0.342 e. The van der Waals surface area contributed by atoms with Gasteiger partial charge in [-0.15, -0.1) is 16.8 Å². The number of hydrogen-bond donors (Lipinski definition) is 2. The number of para-hydroxylation sites is 1. The van der Waals surface area contributed by atoms with Gasteiger partial charge >= 0.3 is 0 Å². The highest BCUT2D eigenvalue weighted by molar-refractivity contribution is 7.99. The van der Waals surface area contributed by atoms with Crippen molar-refractivity contribution in [2.24, 2.45) is 0 Å². The smallest absolute Gasteiger partial charge is 0.253 e. The van der Waals surface area contributed by atoms with E-state index >= 15 is 0 Å². The number of benzene rings is 2. The van der Waals surface area contributed by atoms with E-state index in [1.165, 1.54) is 17.8 Å². The van der Waals surface area contributed by atoms with Crippen LogP contribution < -0.4 is 10.6 Å². The summed E-state index contributed by atoms with van der Waals surface area (Å²) in [5.41, 5.74) is 2.19. The van der Waals surface area contributed by atoms with Gasteiger partial charge < -0.3 is 15.2 Å². The summed E-state index contributed by atoms with van der Waals surface area (Å²) < 4.78 is 1.82. The van der Waals surface area contributed by atoms with E-state index in [1.54, 1.807) is 25.1 Å². The van der Waals surface area contributed by atoms with Crippen molar-refractivity contribution in [1.29, 1.82) is 0 Å². The molecule has 0 fully saturated rings. The van der Waals surface area contributed by atoms with Crippen LogP contribution in [-0.4, -0.2) is 32.3 Å². The van der Waals surface area contributed by atoms with Crippen LogP contribution in [0, 0.1) is 0 Å². The van der Waals surface area contributed by atoms with Crippen LogP contribution in [0.4, 0.5) is 5.69 Å². The van der Waals surface area contributed by atoms with Crippen LogP contribution in [0.1, 0.15) is 41.6 Å². The molecule has 10 heteroatoms. The molecule has 0 radical (unpaired) electrons. The molecule has 0 aliphatic heterocycles. The van der Waals surface area contributed by atoms with E-state index in [9.17, 15) is 9.59 Å². The molecule has 7 nitrogen and oxygen atoms in total. The third-order valence-corrected chi connectivity index (χ3v) is 6.49. The van der Waals surface area contributed by atoms with Crippen LogP contribution in [0.25, 0.3) is 0 Å². The monoisotopic (exact) mass is 517 g/mol. The standard InChI is InChI=1S/C24H25Cl2N5O2S/c1-4-12-31-22(15(3)27-23(33)18-11-10-17(25)13-19(18)26)29-30-24(31)34-14-21(32)28-20-9-7-6-8-16(20)5-2/h4,6-11,13,15H,1,5,12,14H2,2-3H3,(H,27,33)(H,28,32)/t15-/m1/s1. The number of thioether (sulfide) groups is 1. The van der Waals surface area contributed by atoms with Crippen molar-refractivity contribution in [3.63, 3.8) is 0 Å². The fraction of sp³-hybridized carbons (Fsp3) is 0.250. The first-order chi connectivity index (χ1) is 16.3. The quantitative estimate of drug-likeness (QED) is 0.271. The second-order valence-corrected chi connectivity index (χ2v) is 9.19. The van der Waals surface area contributed by atoms with Gasteiger partial charge in [0.05, 0.1) is 22.4 Å². The van der Waals surface area contributed by atoms with Gasteiger partial charge in [0.15, 0.2) is 11.0 Å². The molecule has 1 heterocycles. The summed E-state index contributed by atoms with van der Waals surface area (Å²) in [4.78, 5) is 25.2. The Morgan fingerprint density at radius 3 is 2.68 bits per heavy atom. The van der Waals surface area contributed by atoms with Crippen LogP contribution in [0.5, 0.6) is 0 Å². The minimum atomic E-state index is -0.466. The number of aromatic nitrogens is 3. The van der Waals surface area contributed by atoms with Crippen molar-refractivity contribution in [2.75, 3.05) is 11.1 Å². The van der Waals surface area contributed by atoms with Crippen molar-refractivity contribution in [1.82, 2.24) is 20.1 Å². The SMILES string of the molecule is C=CCn1c(SCC(=O)Nc2ccccc2CC)nnc1[C@@H](C)NC(=O)c1ccc(Cl)cc1Cl. The van der Waals surface area contributed by atoms with E-state index in [0.717, 1.165) is 17.7 Å². The summed E-state index contributed by atoms with van der Waals surface area (Å²) in [6, 6.07) is 11.9. The number of carbonyl (C=O) groups is 2. The van der Waals surface area contributed by atoms with E-state index in [4.69, 9.17) is 23.2 Å². The molecule has 0 aliphatic rings. The van der Waals surface area contributed by atoms with Gasteiger partial charge in [0.1, 0.15) is 0 Å². The second kappa shape index (κ2) is 12.1. The third-order valence-electron chi connectivity index (χ3n) is 4.97. The van der Waals surface area contributed by atoms with Crippen molar-refractivity contribution in [2.45, 2.75) is 38.0 Å². The maximum atomic E-state index is 12.7. The number of hydrogen-bond acceptors (Lipinski definition) is 5. The molecule has 2 N–H and O–H groups in total. The fourth-order valence-electron chi connectivity index (χ4n) is 3.31. The van der Waals surface area contributed by atoms with Crippen molar-refractivity contribution >= 4 is 52.5 Å². The van der Waals surface area contributed by atoms with E-state index < -0.39 is 6.04 Å². The van der Waals surface area contributed by atoms with Gasteiger partial charge in [0.2, 0.25) is 5.91 Å². The summed E-state index contributed by atoms with van der Waals surface area (Å²) >= 11 is 13.3. The normalized spacial score (nSPS) is 11.6. The van der Waals surface area contributed by atoms with Crippen LogP contribution in [-0.2, 0) is 17.8 Å². The summed E-state index contributed by atoms with van der Waals surface area (Å²) in [5, 5.41) is 15.6. The molecule has 1 aromatic heterocycles. The molecule has 0 spiro atoms. The van der Waals surface area contributed by atoms with Crippen LogP contribution >= 0.6 is 35.0 Å². The van der Waals surface area contributed by atoms with E-state index in [0.29, 0.717) is 28.1 Å². The highest BCUT2D eigenvalue weighted by Gasteiger charge is 2.21. The highest BCUT2D eigenvalue weighted by atomic mass is 35.5. The average Bonchev–Trinajstić information content (AvgIpc) is 3.21. The maximum Gasteiger partial charge on any atom is 0.253 e. The summed E-state index contributed by atoms with van der Waals surface area (Å²) in [6.45, 7) is 8.06. The molecule has 0 saturated heterocycles. The van der Waals surface area contributed by atoms with Gasteiger partial charge in [0, 0.05) is 17.3 Å². The summed E-state index contributed by atoms with van der Waals surface area (Å²) in [6.07, 6.45) is 2.53. The summed E-state index contributed by atoms with van der Waals surface area (Å²) in [7, 11) is 0. The van der Waals surface area contributed by atoms with Gasteiger partial charge in [-0.05, 0) is 43.2 Å². The number of allylic oxidation sites excluding steroid dienone is 1. The third kappa shape index (κ3) is 6.40. The lowest BCUT2D eigenvalue weighted by atomic mass is 10.1. The van der Waals surface area contributed by atoms with Gasteiger partial charge in [-0.3, -0.25) is 9.59 Å². The van der Waals surface area contributed by atoms with Crippen molar-refractivity contribution in [3.05, 3.63) is 82.1 Å². The van der Waals surface area contributed by atoms with E-state index in [-0.39, 0.29) is 22.6 Å². The zero-order valence-electron chi connectivity index (χ0n) is 18.8. The van der Waals surface area contributed by atoms with E-state index in [2.05, 4.69) is 27.4 Å². The van der Waals surface area contributed by atoms with Crippen LogP contribution in [0.15, 0.2) is 60.3 Å².